The Morgan fingerprint density at radius 2 is 1.78 bits per heavy atom. The second kappa shape index (κ2) is 7.19. The first-order valence-corrected chi connectivity index (χ1v) is 7.21. The summed E-state index contributed by atoms with van der Waals surface area (Å²) in [5, 5.41) is 10.6. The van der Waals surface area contributed by atoms with Gasteiger partial charge in [-0.2, -0.15) is 0 Å². The standard InChI is InChI=1S/C15H14BrNO6/c1-20-12-6-9(7-13(21-2)15(12)22-3)11-5-4-10(23-11)8-14(16)17(18)19/h4-8H,1-3H3. The van der Waals surface area contributed by atoms with Crippen LogP contribution in [0.3, 0.4) is 0 Å². The van der Waals surface area contributed by atoms with Gasteiger partial charge in [-0.1, -0.05) is 0 Å². The second-order valence-corrected chi connectivity index (χ2v) is 5.15. The van der Waals surface area contributed by atoms with E-state index in [2.05, 4.69) is 15.9 Å². The van der Waals surface area contributed by atoms with E-state index in [-0.39, 0.29) is 4.61 Å². The van der Waals surface area contributed by atoms with Crippen molar-refractivity contribution in [2.45, 2.75) is 0 Å². The van der Waals surface area contributed by atoms with Gasteiger partial charge in [0, 0.05) is 21.5 Å². The van der Waals surface area contributed by atoms with Gasteiger partial charge in [-0.05, 0) is 24.3 Å². The molecule has 0 fully saturated rings. The van der Waals surface area contributed by atoms with Crippen molar-refractivity contribution < 1.29 is 23.6 Å². The molecule has 1 heterocycles. The number of halogens is 1. The number of hydrogen-bond acceptors (Lipinski definition) is 6. The average Bonchev–Trinajstić information content (AvgIpc) is 3.01. The van der Waals surface area contributed by atoms with Crippen LogP contribution in [0.25, 0.3) is 17.4 Å². The van der Waals surface area contributed by atoms with Gasteiger partial charge in [-0.15, -0.1) is 0 Å². The highest BCUT2D eigenvalue weighted by Gasteiger charge is 2.16. The Kier molecular flexibility index (Phi) is 5.28. The van der Waals surface area contributed by atoms with E-state index in [0.29, 0.717) is 34.3 Å². The van der Waals surface area contributed by atoms with E-state index < -0.39 is 4.92 Å². The highest BCUT2D eigenvalue weighted by molar-refractivity contribution is 9.11. The molecule has 0 amide bonds. The van der Waals surface area contributed by atoms with Crippen LogP contribution in [0.1, 0.15) is 5.76 Å². The number of benzene rings is 1. The number of nitro groups is 1. The average molecular weight is 384 g/mol. The Balaban J connectivity index is 2.45. The van der Waals surface area contributed by atoms with Crippen LogP contribution in [0.2, 0.25) is 0 Å². The van der Waals surface area contributed by atoms with Gasteiger partial charge in [0.1, 0.15) is 11.5 Å². The molecule has 0 atom stereocenters. The number of rotatable bonds is 6. The monoisotopic (exact) mass is 383 g/mol. The van der Waals surface area contributed by atoms with Crippen molar-refractivity contribution in [1.29, 1.82) is 0 Å². The summed E-state index contributed by atoms with van der Waals surface area (Å²) in [5.74, 6) is 2.31. The van der Waals surface area contributed by atoms with Crippen molar-refractivity contribution in [2.24, 2.45) is 0 Å². The molecule has 0 spiro atoms. The molecule has 0 radical (unpaired) electrons. The van der Waals surface area contributed by atoms with Crippen molar-refractivity contribution in [2.75, 3.05) is 21.3 Å². The molecule has 0 unspecified atom stereocenters. The molecular formula is C15H14BrNO6. The predicted molar refractivity (Wildman–Crippen MR) is 87.7 cm³/mol. The smallest absolute Gasteiger partial charge is 0.314 e. The number of furan rings is 1. The molecule has 0 saturated heterocycles. The molecule has 0 bridgehead atoms. The predicted octanol–water partition coefficient (Wildman–Crippen LogP) is 3.94. The minimum atomic E-state index is -0.554. The normalized spacial score (nSPS) is 11.2. The molecule has 0 aliphatic carbocycles. The third-order valence-electron chi connectivity index (χ3n) is 3.01. The van der Waals surface area contributed by atoms with Gasteiger partial charge in [0.05, 0.1) is 32.3 Å². The molecule has 23 heavy (non-hydrogen) atoms. The lowest BCUT2D eigenvalue weighted by Crippen LogP contribution is -1.95. The van der Waals surface area contributed by atoms with E-state index in [9.17, 15) is 10.1 Å². The first kappa shape index (κ1) is 16.9. The maximum atomic E-state index is 10.6. The maximum absolute atomic E-state index is 10.6. The summed E-state index contributed by atoms with van der Waals surface area (Å²) in [6.45, 7) is 0. The first-order chi connectivity index (χ1) is 11.0. The fourth-order valence-electron chi connectivity index (χ4n) is 1.98. The lowest BCUT2D eigenvalue weighted by molar-refractivity contribution is -0.407. The topological polar surface area (TPSA) is 84.0 Å². The van der Waals surface area contributed by atoms with Gasteiger partial charge >= 0.3 is 4.61 Å². The van der Waals surface area contributed by atoms with Crippen LogP contribution in [-0.2, 0) is 0 Å². The van der Waals surface area contributed by atoms with Gasteiger partial charge in [0.2, 0.25) is 5.75 Å². The highest BCUT2D eigenvalue weighted by Crippen LogP contribution is 2.41. The van der Waals surface area contributed by atoms with Gasteiger partial charge in [0.15, 0.2) is 11.5 Å². The van der Waals surface area contributed by atoms with Gasteiger partial charge in [0.25, 0.3) is 0 Å². The number of methoxy groups -OCH3 is 3. The highest BCUT2D eigenvalue weighted by atomic mass is 79.9. The third kappa shape index (κ3) is 3.65. The van der Waals surface area contributed by atoms with E-state index in [4.69, 9.17) is 18.6 Å². The Hall–Kier alpha value is -2.48. The molecule has 8 heteroatoms. The van der Waals surface area contributed by atoms with Crippen LogP contribution in [0.4, 0.5) is 0 Å². The van der Waals surface area contributed by atoms with E-state index in [1.54, 1.807) is 24.3 Å². The molecule has 1 aromatic heterocycles. The largest absolute Gasteiger partial charge is 0.493 e. The quantitative estimate of drug-likeness (QED) is 0.426. The lowest BCUT2D eigenvalue weighted by Gasteiger charge is -2.13. The summed E-state index contributed by atoms with van der Waals surface area (Å²) in [4.78, 5) is 10.1. The molecule has 2 aromatic rings. The molecular weight excluding hydrogens is 370 g/mol. The molecule has 0 saturated carbocycles. The Labute approximate surface area is 140 Å². The van der Waals surface area contributed by atoms with Crippen LogP contribution in [-0.4, -0.2) is 26.3 Å². The van der Waals surface area contributed by atoms with Crippen molar-refractivity contribution >= 4 is 22.0 Å². The summed E-state index contributed by atoms with van der Waals surface area (Å²) < 4.78 is 21.2. The van der Waals surface area contributed by atoms with Crippen molar-refractivity contribution in [3.8, 4) is 28.6 Å². The Bertz CT molecular complexity index is 727. The van der Waals surface area contributed by atoms with Crippen molar-refractivity contribution in [3.63, 3.8) is 0 Å². The summed E-state index contributed by atoms with van der Waals surface area (Å²) in [6, 6.07) is 6.79. The SMILES string of the molecule is COc1cc(-c2ccc(C=C(Br)[N+](=O)[O-])o2)cc(OC)c1OC. The molecule has 7 nitrogen and oxygen atoms in total. The summed E-state index contributed by atoms with van der Waals surface area (Å²) in [6.07, 6.45) is 1.28. The Morgan fingerprint density at radius 3 is 2.26 bits per heavy atom. The third-order valence-corrected chi connectivity index (χ3v) is 3.53. The fourth-order valence-corrected chi connectivity index (χ4v) is 2.20. The summed E-state index contributed by atoms with van der Waals surface area (Å²) in [5.41, 5.74) is 0.691. The van der Waals surface area contributed by atoms with Gasteiger partial charge in [-0.25, -0.2) is 0 Å². The van der Waals surface area contributed by atoms with Crippen molar-refractivity contribution in [3.05, 3.63) is 44.7 Å². The molecule has 0 aliphatic heterocycles. The van der Waals surface area contributed by atoms with Crippen LogP contribution in [0, 0.1) is 10.1 Å². The second-order valence-electron chi connectivity index (χ2n) is 4.34. The lowest BCUT2D eigenvalue weighted by atomic mass is 10.1. The fraction of sp³-hybridized carbons (Fsp3) is 0.200. The number of hydrogen-bond donors (Lipinski definition) is 0. The molecule has 1 aromatic carbocycles. The van der Waals surface area contributed by atoms with E-state index in [0.717, 1.165) is 0 Å². The molecule has 122 valence electrons. The zero-order valence-electron chi connectivity index (χ0n) is 12.7. The zero-order chi connectivity index (χ0) is 17.0. The van der Waals surface area contributed by atoms with Gasteiger partial charge < -0.3 is 18.6 Å². The molecule has 0 aliphatic rings. The van der Waals surface area contributed by atoms with Crippen LogP contribution in [0.5, 0.6) is 17.2 Å². The van der Waals surface area contributed by atoms with Crippen molar-refractivity contribution in [1.82, 2.24) is 0 Å². The number of nitrogens with zero attached hydrogens (tertiary/aromatic N) is 1. The minimum absolute atomic E-state index is 0.191. The first-order valence-electron chi connectivity index (χ1n) is 6.42. The van der Waals surface area contributed by atoms with Crippen LogP contribution in [0.15, 0.2) is 33.3 Å². The minimum Gasteiger partial charge on any atom is -0.493 e. The summed E-state index contributed by atoms with van der Waals surface area (Å²) in [7, 11) is 4.56. The Morgan fingerprint density at radius 1 is 1.17 bits per heavy atom. The van der Waals surface area contributed by atoms with Crippen LogP contribution >= 0.6 is 15.9 Å². The van der Waals surface area contributed by atoms with E-state index >= 15 is 0 Å². The van der Waals surface area contributed by atoms with E-state index in [1.807, 2.05) is 0 Å². The maximum Gasteiger partial charge on any atom is 0.314 e. The number of ether oxygens (including phenoxy) is 3. The van der Waals surface area contributed by atoms with Crippen LogP contribution < -0.4 is 14.2 Å². The van der Waals surface area contributed by atoms with E-state index in [1.165, 1.54) is 27.4 Å². The van der Waals surface area contributed by atoms with Gasteiger partial charge in [-0.3, -0.25) is 10.1 Å². The summed E-state index contributed by atoms with van der Waals surface area (Å²) >= 11 is 2.85. The molecule has 2 rings (SSSR count). The molecule has 0 N–H and O–H groups in total. The zero-order valence-corrected chi connectivity index (χ0v) is 14.2.